The summed E-state index contributed by atoms with van der Waals surface area (Å²) in [4.78, 5) is 12.5. The van der Waals surface area contributed by atoms with Crippen LogP contribution in [0.3, 0.4) is 0 Å². The molecule has 0 aliphatic heterocycles. The Balaban J connectivity index is 2.21. The molecule has 1 amide bonds. The van der Waals surface area contributed by atoms with Gasteiger partial charge in [-0.05, 0) is 24.6 Å². The molecule has 0 spiro atoms. The maximum atomic E-state index is 12.5. The predicted molar refractivity (Wildman–Crippen MR) is 96.6 cm³/mol. The average molecular weight is 351 g/mol. The van der Waals surface area contributed by atoms with Gasteiger partial charge in [0.2, 0.25) is 6.10 Å². The van der Waals surface area contributed by atoms with Crippen LogP contribution >= 0.6 is 23.5 Å². The molecule has 2 aromatic carbocycles. The molecule has 0 radical (unpaired) electrons. The number of nitrogens with one attached hydrogen (secondary N) is 1. The number of amides is 1. The monoisotopic (exact) mass is 350 g/mol. The van der Waals surface area contributed by atoms with Crippen LogP contribution in [0.1, 0.15) is 25.0 Å². The third kappa shape index (κ3) is 5.08. The van der Waals surface area contributed by atoms with Crippen LogP contribution in [-0.2, 0) is 4.79 Å². The smallest absolute Gasteiger partial charge is 0.275 e. The van der Waals surface area contributed by atoms with E-state index in [0.717, 1.165) is 17.7 Å². The van der Waals surface area contributed by atoms with Gasteiger partial charge in [0, 0.05) is 16.3 Å². The molecule has 1 unspecified atom stereocenters. The van der Waals surface area contributed by atoms with E-state index in [-0.39, 0.29) is 5.91 Å². The molecule has 2 aromatic rings. The number of ether oxygens (including phenoxy) is 1. The number of anilines is 1. The van der Waals surface area contributed by atoms with Crippen LogP contribution in [0.2, 0.25) is 5.02 Å². The minimum absolute atomic E-state index is 0.219. The molecular weight excluding hydrogens is 332 g/mol. The molecule has 0 bridgehead atoms. The Morgan fingerprint density at radius 2 is 2.04 bits per heavy atom. The van der Waals surface area contributed by atoms with Crippen LogP contribution in [0, 0.1) is 0 Å². The van der Waals surface area contributed by atoms with E-state index >= 15 is 0 Å². The zero-order valence-corrected chi connectivity index (χ0v) is 14.4. The number of hydrogen-bond donors (Lipinski definition) is 2. The van der Waals surface area contributed by atoms with Gasteiger partial charge in [0.15, 0.2) is 0 Å². The highest BCUT2D eigenvalue weighted by molar-refractivity contribution is 7.97. The quantitative estimate of drug-likeness (QED) is 0.446. The summed E-state index contributed by atoms with van der Waals surface area (Å²) < 4.78 is 8.69. The lowest BCUT2D eigenvalue weighted by atomic mass is 10.1. The second-order valence-electron chi connectivity index (χ2n) is 4.91. The first kappa shape index (κ1) is 17.5. The van der Waals surface area contributed by atoms with Crippen molar-refractivity contribution in [2.75, 3.05) is 11.5 Å². The van der Waals surface area contributed by atoms with Gasteiger partial charge < -0.3 is 10.5 Å². The zero-order valence-electron chi connectivity index (χ0n) is 12.8. The normalized spacial score (nSPS) is 11.7. The van der Waals surface area contributed by atoms with Crippen molar-refractivity contribution in [2.45, 2.75) is 19.4 Å². The van der Waals surface area contributed by atoms with E-state index in [1.54, 1.807) is 18.2 Å². The van der Waals surface area contributed by atoms with Crippen molar-refractivity contribution >= 4 is 35.1 Å². The highest BCUT2D eigenvalue weighted by Gasteiger charge is 2.23. The summed E-state index contributed by atoms with van der Waals surface area (Å²) in [7, 11) is 0. The highest BCUT2D eigenvalue weighted by Crippen LogP contribution is 2.30. The fourth-order valence-electron chi connectivity index (χ4n) is 1.93. The van der Waals surface area contributed by atoms with E-state index < -0.39 is 6.10 Å². The molecule has 0 saturated carbocycles. The minimum Gasteiger partial charge on any atom is -0.474 e. The van der Waals surface area contributed by atoms with E-state index in [1.165, 1.54) is 11.9 Å². The molecule has 2 rings (SSSR count). The molecule has 4 nitrogen and oxygen atoms in total. The van der Waals surface area contributed by atoms with Gasteiger partial charge in [-0.25, -0.2) is 0 Å². The molecule has 6 heteroatoms. The summed E-state index contributed by atoms with van der Waals surface area (Å²) in [5.41, 5.74) is 7.08. The van der Waals surface area contributed by atoms with Gasteiger partial charge in [-0.2, -0.15) is 0 Å². The molecule has 0 aromatic heterocycles. The van der Waals surface area contributed by atoms with Crippen LogP contribution < -0.4 is 15.2 Å². The Hall–Kier alpha value is -1.85. The van der Waals surface area contributed by atoms with Crippen molar-refractivity contribution in [2.24, 2.45) is 0 Å². The molecule has 3 N–H and O–H groups in total. The molecule has 0 aliphatic carbocycles. The summed E-state index contributed by atoms with van der Waals surface area (Å²) in [6.07, 6.45) is 0.204. The third-order valence-corrected chi connectivity index (χ3v) is 4.23. The average Bonchev–Trinajstić information content (AvgIpc) is 2.55. The molecule has 122 valence electrons. The van der Waals surface area contributed by atoms with Crippen LogP contribution in [0.4, 0.5) is 5.69 Å². The summed E-state index contributed by atoms with van der Waals surface area (Å²) in [5.74, 6) is 1.05. The first-order valence-electron chi connectivity index (χ1n) is 7.30. The Morgan fingerprint density at radius 1 is 1.30 bits per heavy atom. The maximum absolute atomic E-state index is 12.5. The van der Waals surface area contributed by atoms with Crippen molar-refractivity contribution in [3.8, 4) is 5.75 Å². The van der Waals surface area contributed by atoms with Crippen molar-refractivity contribution < 1.29 is 9.53 Å². The van der Waals surface area contributed by atoms with Crippen LogP contribution in [0.15, 0.2) is 48.5 Å². The summed E-state index contributed by atoms with van der Waals surface area (Å²) in [6.45, 7) is 2.05. The summed E-state index contributed by atoms with van der Waals surface area (Å²) in [5, 5.41) is 0.522. The lowest BCUT2D eigenvalue weighted by Gasteiger charge is -2.20. The third-order valence-electron chi connectivity index (χ3n) is 3.04. The zero-order chi connectivity index (χ0) is 16.7. The Labute approximate surface area is 145 Å². The number of rotatable bonds is 7. The van der Waals surface area contributed by atoms with Gasteiger partial charge in [0.05, 0.1) is 5.69 Å². The second kappa shape index (κ2) is 8.70. The van der Waals surface area contributed by atoms with Crippen LogP contribution in [-0.4, -0.2) is 11.7 Å². The number of carbonyl (C=O) groups is 1. The number of carbonyl (C=O) groups excluding carboxylic acids is 1. The largest absolute Gasteiger partial charge is 0.474 e. The molecule has 0 aliphatic rings. The second-order valence-corrected chi connectivity index (χ2v) is 6.24. The number of nitrogen functional groups attached to an aromatic ring is 1. The number of halogens is 1. The Bertz CT molecular complexity index is 652. The topological polar surface area (TPSA) is 64.3 Å². The van der Waals surface area contributed by atoms with Gasteiger partial charge >= 0.3 is 0 Å². The Morgan fingerprint density at radius 3 is 2.70 bits per heavy atom. The van der Waals surface area contributed by atoms with E-state index in [0.29, 0.717) is 16.5 Å². The van der Waals surface area contributed by atoms with E-state index in [4.69, 9.17) is 22.1 Å². The molecule has 0 fully saturated rings. The van der Waals surface area contributed by atoms with Gasteiger partial charge in [0.25, 0.3) is 5.91 Å². The SMILES string of the molecule is CCCSNC(=O)C(Oc1ccc(Cl)cc1N)c1ccccc1. The van der Waals surface area contributed by atoms with E-state index in [2.05, 4.69) is 11.6 Å². The Kier molecular flexibility index (Phi) is 6.62. The molecule has 0 heterocycles. The standard InChI is InChI=1S/C17H19ClN2O2S/c1-2-10-23-20-17(21)16(12-6-4-3-5-7-12)22-15-9-8-13(18)11-14(15)19/h3-9,11,16H,2,10,19H2,1H3,(H,20,21). The summed E-state index contributed by atoms with van der Waals surface area (Å²) >= 11 is 7.27. The first-order valence-corrected chi connectivity index (χ1v) is 8.66. The fourth-order valence-corrected chi connectivity index (χ4v) is 2.67. The van der Waals surface area contributed by atoms with Crippen LogP contribution in [0.25, 0.3) is 0 Å². The van der Waals surface area contributed by atoms with Gasteiger partial charge in [-0.1, -0.05) is 60.8 Å². The molecule has 23 heavy (non-hydrogen) atoms. The van der Waals surface area contributed by atoms with Crippen molar-refractivity contribution in [1.29, 1.82) is 0 Å². The summed E-state index contributed by atoms with van der Waals surface area (Å²) in [6, 6.07) is 14.3. The van der Waals surface area contributed by atoms with Gasteiger partial charge in [0.1, 0.15) is 5.75 Å². The van der Waals surface area contributed by atoms with Crippen molar-refractivity contribution in [3.63, 3.8) is 0 Å². The molecule has 0 saturated heterocycles. The number of hydrogen-bond acceptors (Lipinski definition) is 4. The first-order chi connectivity index (χ1) is 11.1. The fraction of sp³-hybridized carbons (Fsp3) is 0.235. The van der Waals surface area contributed by atoms with E-state index in [1.807, 2.05) is 30.3 Å². The number of benzene rings is 2. The highest BCUT2D eigenvalue weighted by atomic mass is 35.5. The van der Waals surface area contributed by atoms with Crippen molar-refractivity contribution in [1.82, 2.24) is 4.72 Å². The molecule has 1 atom stereocenters. The van der Waals surface area contributed by atoms with Gasteiger partial charge in [-0.3, -0.25) is 9.52 Å². The predicted octanol–water partition coefficient (Wildman–Crippen LogP) is 4.22. The van der Waals surface area contributed by atoms with E-state index in [9.17, 15) is 4.79 Å². The van der Waals surface area contributed by atoms with Crippen LogP contribution in [0.5, 0.6) is 5.75 Å². The minimum atomic E-state index is -0.774. The van der Waals surface area contributed by atoms with Crippen molar-refractivity contribution in [3.05, 3.63) is 59.1 Å². The maximum Gasteiger partial charge on any atom is 0.275 e. The van der Waals surface area contributed by atoms with Gasteiger partial charge in [-0.15, -0.1) is 0 Å². The lowest BCUT2D eigenvalue weighted by Crippen LogP contribution is -2.28. The number of nitrogens with two attached hydrogens (primary N) is 1. The molecular formula is C17H19ClN2O2S. The lowest BCUT2D eigenvalue weighted by molar-refractivity contribution is -0.126.